The Morgan fingerprint density at radius 1 is 1.54 bits per heavy atom. The summed E-state index contributed by atoms with van der Waals surface area (Å²) < 4.78 is 0. The van der Waals surface area contributed by atoms with Gasteiger partial charge in [-0.3, -0.25) is 4.79 Å². The van der Waals surface area contributed by atoms with Crippen molar-refractivity contribution in [2.24, 2.45) is 0 Å². The Morgan fingerprint density at radius 3 is 3.04 bits per heavy atom. The molecular formula is C16H23Cl2N5O. The molecule has 1 saturated heterocycles. The van der Waals surface area contributed by atoms with Gasteiger partial charge >= 0.3 is 0 Å². The molecule has 0 spiro atoms. The molecule has 0 unspecified atom stereocenters. The molecule has 0 bridgehead atoms. The van der Waals surface area contributed by atoms with E-state index in [9.17, 15) is 4.79 Å². The van der Waals surface area contributed by atoms with Gasteiger partial charge < -0.3 is 20.5 Å². The Labute approximate surface area is 152 Å². The van der Waals surface area contributed by atoms with E-state index in [1.54, 1.807) is 12.4 Å². The number of pyridine rings is 1. The second kappa shape index (κ2) is 8.05. The molecule has 3 N–H and O–H groups in total. The number of carbonyl (C=O) groups excluding carboxylic acids is 1. The van der Waals surface area contributed by atoms with Gasteiger partial charge in [0.1, 0.15) is 5.65 Å². The van der Waals surface area contributed by atoms with E-state index in [4.69, 9.17) is 11.6 Å². The van der Waals surface area contributed by atoms with Crippen molar-refractivity contribution in [2.75, 3.05) is 30.4 Å². The van der Waals surface area contributed by atoms with Crippen LogP contribution in [0.25, 0.3) is 11.0 Å². The number of carbonyl (C=O) groups is 1. The van der Waals surface area contributed by atoms with Crippen LogP contribution in [0.1, 0.15) is 26.2 Å². The molecule has 8 heteroatoms. The zero-order valence-corrected chi connectivity index (χ0v) is 15.4. The lowest BCUT2D eigenvalue weighted by Crippen LogP contribution is -2.44. The van der Waals surface area contributed by atoms with Gasteiger partial charge in [-0.05, 0) is 19.9 Å². The highest BCUT2D eigenvalue weighted by atomic mass is 35.5. The van der Waals surface area contributed by atoms with Gasteiger partial charge in [0, 0.05) is 31.7 Å². The Kier molecular flexibility index (Phi) is 6.32. The third-order valence-corrected chi connectivity index (χ3v) is 4.65. The summed E-state index contributed by atoms with van der Waals surface area (Å²) in [5, 5.41) is 7.78. The maximum absolute atomic E-state index is 11.8. The highest BCUT2D eigenvalue weighted by Gasteiger charge is 2.24. The second-order valence-electron chi connectivity index (χ2n) is 5.86. The van der Waals surface area contributed by atoms with E-state index in [1.165, 1.54) is 0 Å². The monoisotopic (exact) mass is 371 g/mol. The molecular weight excluding hydrogens is 349 g/mol. The lowest BCUT2D eigenvalue weighted by molar-refractivity contribution is -0.115. The predicted octanol–water partition coefficient (Wildman–Crippen LogP) is 3.17. The van der Waals surface area contributed by atoms with Gasteiger partial charge in [-0.25, -0.2) is 4.98 Å². The summed E-state index contributed by atoms with van der Waals surface area (Å²) in [5.74, 6) is -0.0245. The van der Waals surface area contributed by atoms with E-state index in [0.29, 0.717) is 17.5 Å². The van der Waals surface area contributed by atoms with Gasteiger partial charge in [0.05, 0.1) is 28.0 Å². The first-order valence-corrected chi connectivity index (χ1v) is 8.39. The van der Waals surface area contributed by atoms with Gasteiger partial charge in [0.25, 0.3) is 0 Å². The summed E-state index contributed by atoms with van der Waals surface area (Å²) >= 11 is 6.48. The number of rotatable bonds is 4. The SMILES string of the molecule is CCC(=O)Nc1c[nH]c2ncc(Cl)c(N3CCC[C@@H](NC)C3)c12.Cl. The number of aromatic nitrogens is 2. The molecule has 1 atom stereocenters. The molecule has 3 rings (SSSR count). The van der Waals surface area contributed by atoms with Crippen LogP contribution in [0.15, 0.2) is 12.4 Å². The summed E-state index contributed by atoms with van der Waals surface area (Å²) in [6.07, 6.45) is 6.15. The molecule has 0 saturated carbocycles. The normalized spacial score (nSPS) is 17.6. The van der Waals surface area contributed by atoms with Gasteiger partial charge in [-0.1, -0.05) is 18.5 Å². The first-order chi connectivity index (χ1) is 11.1. The Morgan fingerprint density at radius 2 is 2.33 bits per heavy atom. The van der Waals surface area contributed by atoms with Crippen LogP contribution in [0.5, 0.6) is 0 Å². The van der Waals surface area contributed by atoms with E-state index in [1.807, 2.05) is 14.0 Å². The van der Waals surface area contributed by atoms with E-state index in [0.717, 1.165) is 48.3 Å². The van der Waals surface area contributed by atoms with Gasteiger partial charge in [-0.15, -0.1) is 12.4 Å². The third kappa shape index (κ3) is 3.61. The number of H-pyrrole nitrogens is 1. The summed E-state index contributed by atoms with van der Waals surface area (Å²) in [6, 6.07) is 0.440. The van der Waals surface area contributed by atoms with Gasteiger partial charge in [-0.2, -0.15) is 0 Å². The first-order valence-electron chi connectivity index (χ1n) is 8.01. The number of anilines is 2. The molecule has 3 heterocycles. The number of nitrogens with one attached hydrogen (secondary N) is 3. The van der Waals surface area contributed by atoms with Crippen molar-refractivity contribution >= 4 is 52.3 Å². The van der Waals surface area contributed by atoms with Crippen LogP contribution in [0.3, 0.4) is 0 Å². The first kappa shape index (κ1) is 18.8. The summed E-state index contributed by atoms with van der Waals surface area (Å²) in [4.78, 5) is 21.5. The van der Waals surface area contributed by atoms with E-state index < -0.39 is 0 Å². The Balaban J connectivity index is 0.00000208. The highest BCUT2D eigenvalue weighted by molar-refractivity contribution is 6.35. The average molecular weight is 372 g/mol. The minimum atomic E-state index is -0.0245. The number of piperidine rings is 1. The summed E-state index contributed by atoms with van der Waals surface area (Å²) in [6.45, 7) is 3.67. The zero-order valence-electron chi connectivity index (χ0n) is 13.9. The molecule has 2 aromatic heterocycles. The summed E-state index contributed by atoms with van der Waals surface area (Å²) in [5.41, 5.74) is 2.43. The number of hydrogen-bond donors (Lipinski definition) is 3. The molecule has 0 radical (unpaired) electrons. The van der Waals surface area contributed by atoms with Gasteiger partial charge in [0.2, 0.25) is 5.91 Å². The zero-order chi connectivity index (χ0) is 16.4. The lowest BCUT2D eigenvalue weighted by Gasteiger charge is -2.35. The topological polar surface area (TPSA) is 73.0 Å². The van der Waals surface area contributed by atoms with Crippen LogP contribution in [0.2, 0.25) is 5.02 Å². The fourth-order valence-electron chi connectivity index (χ4n) is 3.12. The molecule has 0 aromatic carbocycles. The van der Waals surface area contributed by atoms with Crippen molar-refractivity contribution in [3.63, 3.8) is 0 Å². The molecule has 6 nitrogen and oxygen atoms in total. The molecule has 1 fully saturated rings. The Bertz CT molecular complexity index is 718. The second-order valence-corrected chi connectivity index (χ2v) is 6.26. The predicted molar refractivity (Wildman–Crippen MR) is 102 cm³/mol. The maximum atomic E-state index is 11.8. The molecule has 1 aliphatic rings. The van der Waals surface area contributed by atoms with Crippen LogP contribution < -0.4 is 15.5 Å². The van der Waals surface area contributed by atoms with Crippen LogP contribution in [-0.4, -0.2) is 42.1 Å². The minimum Gasteiger partial charge on any atom is -0.368 e. The van der Waals surface area contributed by atoms with Crippen LogP contribution in [0, 0.1) is 0 Å². The smallest absolute Gasteiger partial charge is 0.224 e. The van der Waals surface area contributed by atoms with E-state index >= 15 is 0 Å². The average Bonchev–Trinajstić information content (AvgIpc) is 2.97. The number of fused-ring (bicyclic) bond motifs is 1. The standard InChI is InChI=1S/C16H22ClN5O.ClH/c1-3-13(23)21-12-8-20-16-14(12)15(11(17)7-19-16)22-6-4-5-10(9-22)18-2;/h7-8,10,18H,3-6,9H2,1-2H3,(H,19,20)(H,21,23);1H/t10-;/m1./s1. The quantitative estimate of drug-likeness (QED) is 0.771. The van der Waals surface area contributed by atoms with Crippen molar-refractivity contribution in [3.8, 4) is 0 Å². The number of amides is 1. The molecule has 2 aromatic rings. The molecule has 132 valence electrons. The molecule has 1 amide bonds. The van der Waals surface area contributed by atoms with Crippen LogP contribution in [0.4, 0.5) is 11.4 Å². The van der Waals surface area contributed by atoms with Gasteiger partial charge in [0.15, 0.2) is 0 Å². The fraction of sp³-hybridized carbons (Fsp3) is 0.500. The fourth-order valence-corrected chi connectivity index (χ4v) is 3.38. The largest absolute Gasteiger partial charge is 0.368 e. The maximum Gasteiger partial charge on any atom is 0.224 e. The molecule has 24 heavy (non-hydrogen) atoms. The number of halogens is 2. The number of aromatic amines is 1. The van der Waals surface area contributed by atoms with Crippen molar-refractivity contribution < 1.29 is 4.79 Å². The number of likely N-dealkylation sites (N-methyl/N-ethyl adjacent to an activating group) is 1. The minimum absolute atomic E-state index is 0. The highest BCUT2D eigenvalue weighted by Crippen LogP contribution is 2.38. The molecule has 1 aliphatic heterocycles. The number of hydrogen-bond acceptors (Lipinski definition) is 4. The van der Waals surface area contributed by atoms with E-state index in [-0.39, 0.29) is 18.3 Å². The van der Waals surface area contributed by atoms with Crippen molar-refractivity contribution in [2.45, 2.75) is 32.2 Å². The Hall–Kier alpha value is -1.50. The molecule has 0 aliphatic carbocycles. The van der Waals surface area contributed by atoms with Crippen molar-refractivity contribution in [3.05, 3.63) is 17.4 Å². The van der Waals surface area contributed by atoms with Crippen LogP contribution in [-0.2, 0) is 4.79 Å². The third-order valence-electron chi connectivity index (χ3n) is 4.37. The summed E-state index contributed by atoms with van der Waals surface area (Å²) in [7, 11) is 1.99. The van der Waals surface area contributed by atoms with Crippen molar-refractivity contribution in [1.29, 1.82) is 0 Å². The van der Waals surface area contributed by atoms with Crippen LogP contribution >= 0.6 is 24.0 Å². The van der Waals surface area contributed by atoms with Crippen molar-refractivity contribution in [1.82, 2.24) is 15.3 Å². The number of nitrogens with zero attached hydrogens (tertiary/aromatic N) is 2. The van der Waals surface area contributed by atoms with E-state index in [2.05, 4.69) is 25.5 Å². The lowest BCUT2D eigenvalue weighted by atomic mass is 10.0.